The fourth-order valence-electron chi connectivity index (χ4n) is 3.25. The van der Waals surface area contributed by atoms with Gasteiger partial charge in [0, 0.05) is 6.04 Å². The van der Waals surface area contributed by atoms with Gasteiger partial charge in [0.05, 0.1) is 6.54 Å². The number of rotatable bonds is 17. The minimum absolute atomic E-state index is 0.626. The highest BCUT2D eigenvalue weighted by molar-refractivity contribution is 6.90. The molecule has 0 fully saturated rings. The van der Waals surface area contributed by atoms with E-state index in [1.165, 1.54) is 32.1 Å². The number of aliphatic imine (C=N–C) groups is 1. The molecule has 0 aliphatic rings. The van der Waals surface area contributed by atoms with Gasteiger partial charge in [0.1, 0.15) is 0 Å². The molecule has 29 heavy (non-hydrogen) atoms. The summed E-state index contributed by atoms with van der Waals surface area (Å²) in [6.45, 7) is 20.8. The second-order valence-corrected chi connectivity index (χ2v) is 27.9. The first-order chi connectivity index (χ1) is 13.2. The molecular formula is C20H47NO4Si4. The molecule has 0 atom stereocenters. The third kappa shape index (κ3) is 18.6. The van der Waals surface area contributed by atoms with Crippen LogP contribution in [0.3, 0.4) is 0 Å². The van der Waals surface area contributed by atoms with E-state index in [0.29, 0.717) is 6.54 Å². The van der Waals surface area contributed by atoms with Gasteiger partial charge in [-0.2, -0.15) is 0 Å². The van der Waals surface area contributed by atoms with Gasteiger partial charge in [-0.1, -0.05) is 38.5 Å². The van der Waals surface area contributed by atoms with Crippen molar-refractivity contribution in [3.05, 3.63) is 0 Å². The van der Waals surface area contributed by atoms with E-state index < -0.39 is 33.8 Å². The first-order valence-corrected chi connectivity index (χ1v) is 23.5. The number of unbranched alkanes of at least 4 members (excludes halogenated alkanes) is 7. The van der Waals surface area contributed by atoms with Gasteiger partial charge in [0.15, 0.2) is 25.0 Å². The quantitative estimate of drug-likeness (QED) is 0.0985. The first-order valence-electron chi connectivity index (χ1n) is 11.3. The van der Waals surface area contributed by atoms with Crippen molar-refractivity contribution in [1.82, 2.24) is 0 Å². The highest BCUT2D eigenvalue weighted by Crippen LogP contribution is 2.30. The van der Waals surface area contributed by atoms with Crippen LogP contribution in [0.1, 0.15) is 51.4 Å². The minimum Gasteiger partial charge on any atom is -0.417 e. The summed E-state index contributed by atoms with van der Waals surface area (Å²) in [5.41, 5.74) is 0. The SMILES string of the molecule is C[Si](C)(C)O[Si](CCCCCCCCCCN=C=O)(O[Si](C)(C)C)O[Si](C)(C)C. The zero-order valence-corrected chi connectivity index (χ0v) is 24.7. The molecule has 0 aromatic carbocycles. The lowest BCUT2D eigenvalue weighted by Crippen LogP contribution is -2.60. The molecule has 0 bridgehead atoms. The van der Waals surface area contributed by atoms with E-state index in [0.717, 1.165) is 25.3 Å². The molecule has 0 aromatic rings. The Morgan fingerprint density at radius 3 is 1.28 bits per heavy atom. The standard InChI is InChI=1S/C20H47NO4Si4/c1-26(2,3)23-29(24-27(4,5)6,25-28(7,8)9)19-17-15-13-11-10-12-14-16-18-21-20-22/h10-19H2,1-9H3. The Kier molecular flexibility index (Phi) is 13.6. The van der Waals surface area contributed by atoms with Crippen LogP contribution in [0.15, 0.2) is 4.99 Å². The summed E-state index contributed by atoms with van der Waals surface area (Å²) in [7, 11) is -7.96. The minimum atomic E-state index is -2.65. The molecule has 9 heteroatoms. The maximum Gasteiger partial charge on any atom is 0.469 e. The van der Waals surface area contributed by atoms with Crippen LogP contribution in [0.2, 0.25) is 65.0 Å². The fraction of sp³-hybridized carbons (Fsp3) is 0.950. The van der Waals surface area contributed by atoms with Crippen LogP contribution in [0.25, 0.3) is 0 Å². The lowest BCUT2D eigenvalue weighted by atomic mass is 10.1. The molecule has 0 aliphatic carbocycles. The van der Waals surface area contributed by atoms with Crippen LogP contribution in [0.4, 0.5) is 0 Å². The van der Waals surface area contributed by atoms with Crippen molar-refractivity contribution in [2.24, 2.45) is 4.99 Å². The van der Waals surface area contributed by atoms with E-state index in [9.17, 15) is 4.79 Å². The second kappa shape index (κ2) is 13.5. The summed E-state index contributed by atoms with van der Waals surface area (Å²) in [6, 6.07) is 0.954. The van der Waals surface area contributed by atoms with E-state index in [4.69, 9.17) is 12.3 Å². The van der Waals surface area contributed by atoms with Gasteiger partial charge in [-0.25, -0.2) is 9.79 Å². The summed E-state index contributed by atoms with van der Waals surface area (Å²) < 4.78 is 20.2. The molecule has 0 spiro atoms. The normalized spacial score (nSPS) is 13.4. The van der Waals surface area contributed by atoms with Crippen LogP contribution in [0.5, 0.6) is 0 Å². The smallest absolute Gasteiger partial charge is 0.417 e. The zero-order valence-electron chi connectivity index (χ0n) is 20.7. The Balaban J connectivity index is 4.61. The molecule has 0 aliphatic heterocycles. The molecule has 0 unspecified atom stereocenters. The third-order valence-electron chi connectivity index (χ3n) is 3.95. The number of carbonyl (C=O) groups excluding carboxylic acids is 1. The van der Waals surface area contributed by atoms with Gasteiger partial charge in [-0.15, -0.1) is 0 Å². The predicted octanol–water partition coefficient (Wildman–Crippen LogP) is 6.94. The van der Waals surface area contributed by atoms with E-state index in [1.807, 2.05) is 0 Å². The molecule has 0 N–H and O–H groups in total. The average molecular weight is 478 g/mol. The highest BCUT2D eigenvalue weighted by Gasteiger charge is 2.49. The summed E-state index contributed by atoms with van der Waals surface area (Å²) in [5.74, 6) is 0. The summed E-state index contributed by atoms with van der Waals surface area (Å²) in [4.78, 5) is 13.6. The topological polar surface area (TPSA) is 57.1 Å². The van der Waals surface area contributed by atoms with Crippen LogP contribution >= 0.6 is 0 Å². The third-order valence-corrected chi connectivity index (χ3v) is 16.0. The van der Waals surface area contributed by atoms with Crippen molar-refractivity contribution in [2.45, 2.75) is 116 Å². The Morgan fingerprint density at radius 2 is 0.931 bits per heavy atom. The predicted molar refractivity (Wildman–Crippen MR) is 134 cm³/mol. The zero-order chi connectivity index (χ0) is 22.6. The van der Waals surface area contributed by atoms with Crippen molar-refractivity contribution in [3.8, 4) is 0 Å². The van der Waals surface area contributed by atoms with E-state index in [-0.39, 0.29) is 0 Å². The van der Waals surface area contributed by atoms with Crippen LogP contribution in [-0.4, -0.2) is 46.4 Å². The fourth-order valence-corrected chi connectivity index (χ4v) is 18.0. The number of hydrogen-bond acceptors (Lipinski definition) is 5. The molecule has 0 aromatic heterocycles. The first kappa shape index (κ1) is 29.1. The van der Waals surface area contributed by atoms with Crippen LogP contribution in [0, 0.1) is 0 Å². The molecule has 0 rings (SSSR count). The van der Waals surface area contributed by atoms with Crippen molar-refractivity contribution in [2.75, 3.05) is 6.54 Å². The van der Waals surface area contributed by atoms with E-state index in [1.54, 1.807) is 6.08 Å². The van der Waals surface area contributed by atoms with E-state index in [2.05, 4.69) is 63.9 Å². The van der Waals surface area contributed by atoms with Crippen molar-refractivity contribution in [1.29, 1.82) is 0 Å². The van der Waals surface area contributed by atoms with Gasteiger partial charge >= 0.3 is 8.80 Å². The Bertz CT molecular complexity index is 451. The molecule has 0 saturated carbocycles. The van der Waals surface area contributed by atoms with Crippen molar-refractivity contribution in [3.63, 3.8) is 0 Å². The van der Waals surface area contributed by atoms with Gasteiger partial charge in [-0.3, -0.25) is 0 Å². The monoisotopic (exact) mass is 477 g/mol. The lowest BCUT2D eigenvalue weighted by molar-refractivity contribution is 0.250. The second-order valence-electron chi connectivity index (χ2n) is 10.9. The number of nitrogens with zero attached hydrogens (tertiary/aromatic N) is 1. The molecule has 172 valence electrons. The van der Waals surface area contributed by atoms with Crippen molar-refractivity contribution < 1.29 is 17.1 Å². The average Bonchev–Trinajstić information content (AvgIpc) is 2.47. The van der Waals surface area contributed by atoms with Crippen molar-refractivity contribution >= 4 is 39.8 Å². The molecule has 0 amide bonds. The molecule has 0 saturated heterocycles. The van der Waals surface area contributed by atoms with Gasteiger partial charge in [0.25, 0.3) is 0 Å². The van der Waals surface area contributed by atoms with Gasteiger partial charge in [0.2, 0.25) is 6.08 Å². The molecule has 0 radical (unpaired) electrons. The summed E-state index contributed by atoms with van der Waals surface area (Å²) in [6.07, 6.45) is 11.1. The van der Waals surface area contributed by atoms with Gasteiger partial charge in [-0.05, 0) is 71.8 Å². The Labute approximate surface area is 184 Å². The number of hydrogen-bond donors (Lipinski definition) is 0. The van der Waals surface area contributed by atoms with Crippen LogP contribution in [-0.2, 0) is 17.1 Å². The molecular weight excluding hydrogens is 431 g/mol. The highest BCUT2D eigenvalue weighted by atomic mass is 28.5. The maximum absolute atomic E-state index is 10.0. The van der Waals surface area contributed by atoms with E-state index >= 15 is 0 Å². The maximum atomic E-state index is 10.0. The van der Waals surface area contributed by atoms with Gasteiger partial charge < -0.3 is 12.3 Å². The Hall–Kier alpha value is 0.128. The largest absolute Gasteiger partial charge is 0.469 e. The summed E-state index contributed by atoms with van der Waals surface area (Å²) >= 11 is 0. The number of isocyanates is 1. The Morgan fingerprint density at radius 1 is 0.586 bits per heavy atom. The lowest BCUT2D eigenvalue weighted by Gasteiger charge is -2.43. The van der Waals surface area contributed by atoms with Crippen LogP contribution < -0.4 is 0 Å². The molecule has 0 heterocycles. The summed E-state index contributed by atoms with van der Waals surface area (Å²) in [5, 5.41) is 0. The molecule has 5 nitrogen and oxygen atoms in total.